The second-order valence-electron chi connectivity index (χ2n) is 11.9. The molecule has 0 radical (unpaired) electrons. The number of nitrogens with zero attached hydrogens (tertiary/aromatic N) is 4. The number of hydrogen-bond acceptors (Lipinski definition) is 5. The molecule has 9 heteroatoms. The fourth-order valence-electron chi connectivity index (χ4n) is 5.12. The van der Waals surface area contributed by atoms with E-state index in [0.717, 1.165) is 47.5 Å². The number of amides is 3. The van der Waals surface area contributed by atoms with Gasteiger partial charge in [0.2, 0.25) is 0 Å². The standard InChI is InChI=1S/C32H38N6O3/c1-21-9-11-26(12-10-21)38-29(19-28(35-38)32(3,4)5)34-31(40)33-25-8-6-7-24(18-25)17-23-13-15-37(16-14-23)30(39)27-20-41-36-22(27)2/h6-12,18-20,23H,13-17H2,1-5H3,(H2,33,34,40). The first-order valence-electron chi connectivity index (χ1n) is 14.1. The molecule has 2 aromatic carbocycles. The summed E-state index contributed by atoms with van der Waals surface area (Å²) in [6, 6.07) is 17.6. The van der Waals surface area contributed by atoms with Crippen LogP contribution in [0.5, 0.6) is 0 Å². The topological polar surface area (TPSA) is 105 Å². The Kier molecular flexibility index (Phi) is 7.97. The van der Waals surface area contributed by atoms with Crippen LogP contribution in [0.25, 0.3) is 5.69 Å². The summed E-state index contributed by atoms with van der Waals surface area (Å²) in [5, 5.41) is 14.6. The molecule has 3 heterocycles. The van der Waals surface area contributed by atoms with Crippen molar-refractivity contribution < 1.29 is 14.1 Å². The highest BCUT2D eigenvalue weighted by Gasteiger charge is 2.26. The number of piperidine rings is 1. The van der Waals surface area contributed by atoms with Crippen LogP contribution in [0.4, 0.5) is 16.3 Å². The molecule has 3 amide bonds. The Morgan fingerprint density at radius 3 is 2.39 bits per heavy atom. The summed E-state index contributed by atoms with van der Waals surface area (Å²) in [4.78, 5) is 27.7. The second kappa shape index (κ2) is 11.6. The van der Waals surface area contributed by atoms with Crippen LogP contribution in [-0.2, 0) is 11.8 Å². The molecule has 1 aliphatic rings. The Morgan fingerprint density at radius 1 is 1.00 bits per heavy atom. The van der Waals surface area contributed by atoms with Crippen molar-refractivity contribution in [3.05, 3.63) is 88.9 Å². The van der Waals surface area contributed by atoms with E-state index in [0.29, 0.717) is 36.1 Å². The SMILES string of the molecule is Cc1ccc(-n2nc(C(C)(C)C)cc2NC(=O)Nc2cccc(CC3CCN(C(=O)c4conc4C)CC3)c2)cc1. The predicted molar refractivity (Wildman–Crippen MR) is 160 cm³/mol. The van der Waals surface area contributed by atoms with Gasteiger partial charge in [0.15, 0.2) is 0 Å². The van der Waals surface area contributed by atoms with Crippen LogP contribution in [0.2, 0.25) is 0 Å². The molecule has 214 valence electrons. The molecule has 0 unspecified atom stereocenters. The molecular formula is C32H38N6O3. The number of carbonyl (C=O) groups excluding carboxylic acids is 2. The van der Waals surface area contributed by atoms with Gasteiger partial charge in [0.05, 0.1) is 17.1 Å². The third-order valence-electron chi connectivity index (χ3n) is 7.59. The number of rotatable bonds is 6. The molecule has 2 aromatic heterocycles. The number of aryl methyl sites for hydroxylation is 2. The molecule has 1 aliphatic heterocycles. The zero-order chi connectivity index (χ0) is 29.1. The van der Waals surface area contributed by atoms with E-state index >= 15 is 0 Å². The van der Waals surface area contributed by atoms with Crippen molar-refractivity contribution in [3.63, 3.8) is 0 Å². The van der Waals surface area contributed by atoms with Crippen molar-refractivity contribution in [1.82, 2.24) is 19.8 Å². The molecule has 2 N–H and O–H groups in total. The summed E-state index contributed by atoms with van der Waals surface area (Å²) >= 11 is 0. The van der Waals surface area contributed by atoms with Gasteiger partial charge in [0, 0.05) is 30.3 Å². The first kappa shape index (κ1) is 28.1. The molecule has 1 saturated heterocycles. The third kappa shape index (κ3) is 6.67. The fourth-order valence-corrected chi connectivity index (χ4v) is 5.12. The van der Waals surface area contributed by atoms with Gasteiger partial charge in [-0.05, 0) is 68.9 Å². The summed E-state index contributed by atoms with van der Waals surface area (Å²) in [5.74, 6) is 1.05. The van der Waals surface area contributed by atoms with E-state index in [1.54, 1.807) is 11.6 Å². The van der Waals surface area contributed by atoms with E-state index in [2.05, 4.69) is 42.6 Å². The highest BCUT2D eigenvalue weighted by molar-refractivity contribution is 5.99. The number of hydrogen-bond donors (Lipinski definition) is 2. The van der Waals surface area contributed by atoms with Crippen molar-refractivity contribution in [1.29, 1.82) is 0 Å². The van der Waals surface area contributed by atoms with E-state index in [9.17, 15) is 9.59 Å². The summed E-state index contributed by atoms with van der Waals surface area (Å²) in [6.45, 7) is 11.5. The number of benzene rings is 2. The molecule has 0 spiro atoms. The van der Waals surface area contributed by atoms with E-state index in [1.165, 1.54) is 6.26 Å². The zero-order valence-electron chi connectivity index (χ0n) is 24.4. The lowest BCUT2D eigenvalue weighted by atomic mass is 9.90. The minimum Gasteiger partial charge on any atom is -0.364 e. The maximum atomic E-state index is 13.1. The lowest BCUT2D eigenvalue weighted by molar-refractivity contribution is 0.0689. The Bertz CT molecular complexity index is 1520. The molecule has 1 fully saturated rings. The van der Waals surface area contributed by atoms with Gasteiger partial charge in [-0.3, -0.25) is 10.1 Å². The largest absolute Gasteiger partial charge is 0.364 e. The Balaban J connectivity index is 1.21. The van der Waals surface area contributed by atoms with Gasteiger partial charge >= 0.3 is 6.03 Å². The lowest BCUT2D eigenvalue weighted by Gasteiger charge is -2.32. The number of aromatic nitrogens is 3. The van der Waals surface area contributed by atoms with Gasteiger partial charge in [0.1, 0.15) is 17.6 Å². The Labute approximate surface area is 240 Å². The maximum Gasteiger partial charge on any atom is 0.324 e. The average Bonchev–Trinajstić information content (AvgIpc) is 3.56. The Morgan fingerprint density at radius 2 is 1.73 bits per heavy atom. The maximum absolute atomic E-state index is 13.1. The molecule has 0 atom stereocenters. The van der Waals surface area contributed by atoms with Crippen molar-refractivity contribution in [2.45, 2.75) is 59.3 Å². The van der Waals surface area contributed by atoms with Crippen LogP contribution in [0.15, 0.2) is 65.4 Å². The molecule has 0 bridgehead atoms. The first-order chi connectivity index (χ1) is 19.6. The average molecular weight is 555 g/mol. The fraction of sp³-hybridized carbons (Fsp3) is 0.375. The second-order valence-corrected chi connectivity index (χ2v) is 11.9. The normalized spacial score (nSPS) is 14.2. The van der Waals surface area contributed by atoms with Crippen LogP contribution in [0, 0.1) is 19.8 Å². The Hall–Kier alpha value is -4.40. The number of anilines is 2. The van der Waals surface area contributed by atoms with Gasteiger partial charge in [-0.2, -0.15) is 5.10 Å². The summed E-state index contributed by atoms with van der Waals surface area (Å²) in [6.07, 6.45) is 4.17. The monoisotopic (exact) mass is 554 g/mol. The molecular weight excluding hydrogens is 516 g/mol. The van der Waals surface area contributed by atoms with Crippen molar-refractivity contribution in [2.75, 3.05) is 23.7 Å². The van der Waals surface area contributed by atoms with Gasteiger partial charge in [-0.15, -0.1) is 0 Å². The van der Waals surface area contributed by atoms with Crippen LogP contribution in [0.3, 0.4) is 0 Å². The van der Waals surface area contributed by atoms with E-state index < -0.39 is 0 Å². The molecule has 0 saturated carbocycles. The van der Waals surface area contributed by atoms with Crippen LogP contribution < -0.4 is 10.6 Å². The van der Waals surface area contributed by atoms with Crippen molar-refractivity contribution >= 4 is 23.4 Å². The summed E-state index contributed by atoms with van der Waals surface area (Å²) in [5.41, 5.74) is 5.81. The van der Waals surface area contributed by atoms with Crippen molar-refractivity contribution in [3.8, 4) is 5.69 Å². The minimum atomic E-state index is -0.327. The number of carbonyl (C=O) groups is 2. The van der Waals surface area contributed by atoms with Crippen LogP contribution >= 0.6 is 0 Å². The first-order valence-corrected chi connectivity index (χ1v) is 14.1. The number of urea groups is 1. The predicted octanol–water partition coefficient (Wildman–Crippen LogP) is 6.51. The van der Waals surface area contributed by atoms with Gasteiger partial charge in [0.25, 0.3) is 5.91 Å². The quantitative estimate of drug-likeness (QED) is 0.283. The summed E-state index contributed by atoms with van der Waals surface area (Å²) in [7, 11) is 0. The van der Waals surface area contributed by atoms with E-state index in [1.807, 2.05) is 60.4 Å². The van der Waals surface area contributed by atoms with E-state index in [4.69, 9.17) is 9.62 Å². The van der Waals surface area contributed by atoms with Gasteiger partial charge in [-0.1, -0.05) is 55.8 Å². The van der Waals surface area contributed by atoms with Gasteiger partial charge in [-0.25, -0.2) is 9.48 Å². The van der Waals surface area contributed by atoms with Crippen molar-refractivity contribution in [2.24, 2.45) is 5.92 Å². The third-order valence-corrected chi connectivity index (χ3v) is 7.59. The smallest absolute Gasteiger partial charge is 0.324 e. The zero-order valence-corrected chi connectivity index (χ0v) is 24.4. The molecule has 5 rings (SSSR count). The summed E-state index contributed by atoms with van der Waals surface area (Å²) < 4.78 is 6.71. The molecule has 9 nitrogen and oxygen atoms in total. The van der Waals surface area contributed by atoms with Crippen LogP contribution in [-0.4, -0.2) is 44.9 Å². The highest BCUT2D eigenvalue weighted by atomic mass is 16.5. The van der Waals surface area contributed by atoms with E-state index in [-0.39, 0.29) is 17.4 Å². The lowest BCUT2D eigenvalue weighted by Crippen LogP contribution is -2.39. The number of likely N-dealkylation sites (tertiary alicyclic amines) is 1. The van der Waals surface area contributed by atoms with Crippen LogP contribution in [0.1, 0.15) is 66.5 Å². The molecule has 4 aromatic rings. The number of nitrogens with one attached hydrogen (secondary N) is 2. The molecule has 41 heavy (non-hydrogen) atoms. The highest BCUT2D eigenvalue weighted by Crippen LogP contribution is 2.27. The molecule has 0 aliphatic carbocycles. The minimum absolute atomic E-state index is 0.0160. The van der Waals surface area contributed by atoms with Gasteiger partial charge < -0.3 is 14.7 Å².